The van der Waals surface area contributed by atoms with Crippen molar-refractivity contribution >= 4 is 0 Å². The third-order valence-corrected chi connectivity index (χ3v) is 1.40. The first-order valence-electron chi connectivity index (χ1n) is 4.17. The van der Waals surface area contributed by atoms with Crippen LogP contribution < -0.4 is 0 Å². The minimum absolute atomic E-state index is 0.0497. The zero-order valence-corrected chi connectivity index (χ0v) is 8.07. The van der Waals surface area contributed by atoms with E-state index < -0.39 is 25.1 Å². The van der Waals surface area contributed by atoms with Crippen molar-refractivity contribution in [2.24, 2.45) is 0 Å². The van der Waals surface area contributed by atoms with Crippen molar-refractivity contribution in [3.63, 3.8) is 0 Å². The smallest absolute Gasteiger partial charge is 0.423 e. The van der Waals surface area contributed by atoms with Crippen LogP contribution in [0.15, 0.2) is 12.8 Å². The van der Waals surface area contributed by atoms with Gasteiger partial charge in [-0.2, -0.15) is 26.3 Å². The standard InChI is InChI=1S/C8H10F6O2/c1-2-15-4-3-5-16-6(7(9,10)11)8(12,13)14/h2,6H,1,3-5H2. The van der Waals surface area contributed by atoms with Crippen molar-refractivity contribution in [3.05, 3.63) is 12.8 Å². The molecule has 0 fully saturated rings. The van der Waals surface area contributed by atoms with E-state index >= 15 is 0 Å². The fraction of sp³-hybridized carbons (Fsp3) is 0.750. The molecule has 0 aliphatic carbocycles. The second-order valence-corrected chi connectivity index (χ2v) is 2.73. The largest absolute Gasteiger partial charge is 0.502 e. The molecule has 0 rings (SSSR count). The van der Waals surface area contributed by atoms with Crippen LogP contribution in [0.5, 0.6) is 0 Å². The van der Waals surface area contributed by atoms with Gasteiger partial charge in [0.25, 0.3) is 0 Å². The van der Waals surface area contributed by atoms with E-state index in [2.05, 4.69) is 16.1 Å². The highest BCUT2D eigenvalue weighted by molar-refractivity contribution is 4.75. The molecule has 0 aromatic carbocycles. The zero-order chi connectivity index (χ0) is 12.8. The predicted octanol–water partition coefficient (Wildman–Crippen LogP) is 3.05. The molecule has 0 amide bonds. The summed E-state index contributed by atoms with van der Waals surface area (Å²) < 4.78 is 79.7. The molecule has 0 aliphatic rings. The minimum Gasteiger partial charge on any atom is -0.502 e. The lowest BCUT2D eigenvalue weighted by Gasteiger charge is -2.22. The highest BCUT2D eigenvalue weighted by Gasteiger charge is 2.57. The Labute approximate surface area is 87.8 Å². The van der Waals surface area contributed by atoms with Crippen LogP contribution in [-0.4, -0.2) is 31.7 Å². The molecule has 0 atom stereocenters. The molecule has 0 unspecified atom stereocenters. The van der Waals surface area contributed by atoms with Crippen molar-refractivity contribution in [1.29, 1.82) is 0 Å². The van der Waals surface area contributed by atoms with Crippen molar-refractivity contribution in [2.75, 3.05) is 13.2 Å². The van der Waals surface area contributed by atoms with Gasteiger partial charge in [-0.25, -0.2) is 0 Å². The Hall–Kier alpha value is -0.920. The topological polar surface area (TPSA) is 18.5 Å². The van der Waals surface area contributed by atoms with Crippen LogP contribution in [0, 0.1) is 0 Å². The van der Waals surface area contributed by atoms with Crippen LogP contribution in [0.3, 0.4) is 0 Å². The van der Waals surface area contributed by atoms with E-state index in [1.165, 1.54) is 0 Å². The van der Waals surface area contributed by atoms with Gasteiger partial charge in [-0.3, -0.25) is 0 Å². The molecule has 0 aromatic rings. The lowest BCUT2D eigenvalue weighted by atomic mass is 10.3. The number of ether oxygens (including phenoxy) is 2. The van der Waals surface area contributed by atoms with E-state index in [9.17, 15) is 26.3 Å². The maximum absolute atomic E-state index is 11.9. The molecule has 0 radical (unpaired) electrons. The first-order valence-corrected chi connectivity index (χ1v) is 4.17. The summed E-state index contributed by atoms with van der Waals surface area (Å²) in [6, 6.07) is 0. The molecule has 2 nitrogen and oxygen atoms in total. The molecule has 0 aromatic heterocycles. The summed E-state index contributed by atoms with van der Waals surface area (Å²) in [6.07, 6.45) is -13.7. The van der Waals surface area contributed by atoms with Crippen LogP contribution in [0.4, 0.5) is 26.3 Å². The lowest BCUT2D eigenvalue weighted by molar-refractivity contribution is -0.322. The van der Waals surface area contributed by atoms with Gasteiger partial charge in [0.2, 0.25) is 6.10 Å². The Morgan fingerprint density at radius 2 is 1.50 bits per heavy atom. The van der Waals surface area contributed by atoms with Crippen LogP contribution >= 0.6 is 0 Å². The van der Waals surface area contributed by atoms with Gasteiger partial charge in [0.1, 0.15) is 0 Å². The Morgan fingerprint density at radius 1 is 1.00 bits per heavy atom. The molecule has 0 N–H and O–H groups in total. The van der Waals surface area contributed by atoms with Crippen molar-refractivity contribution < 1.29 is 35.8 Å². The van der Waals surface area contributed by atoms with E-state index in [1.807, 2.05) is 0 Å². The van der Waals surface area contributed by atoms with Crippen LogP contribution in [0.1, 0.15) is 6.42 Å². The minimum atomic E-state index is -5.46. The summed E-state index contributed by atoms with van der Waals surface area (Å²) in [5.41, 5.74) is 0. The van der Waals surface area contributed by atoms with Gasteiger partial charge in [-0.15, -0.1) is 0 Å². The molecule has 16 heavy (non-hydrogen) atoms. The Morgan fingerprint density at radius 3 is 1.88 bits per heavy atom. The molecule has 0 saturated heterocycles. The summed E-state index contributed by atoms with van der Waals surface area (Å²) in [5, 5.41) is 0. The highest BCUT2D eigenvalue weighted by atomic mass is 19.4. The Balaban J connectivity index is 4.10. The average molecular weight is 252 g/mol. The summed E-state index contributed by atoms with van der Waals surface area (Å²) in [6.45, 7) is 2.40. The van der Waals surface area contributed by atoms with Gasteiger partial charge < -0.3 is 9.47 Å². The normalized spacial score (nSPS) is 12.9. The predicted molar refractivity (Wildman–Crippen MR) is 42.6 cm³/mol. The molecule has 8 heteroatoms. The van der Waals surface area contributed by atoms with Crippen LogP contribution in [0.2, 0.25) is 0 Å². The molecule has 0 bridgehead atoms. The number of halogens is 6. The zero-order valence-electron chi connectivity index (χ0n) is 8.07. The number of hydrogen-bond donors (Lipinski definition) is 0. The van der Waals surface area contributed by atoms with Gasteiger partial charge in [0.15, 0.2) is 0 Å². The van der Waals surface area contributed by atoms with Gasteiger partial charge in [0, 0.05) is 6.42 Å². The molecular formula is C8H10F6O2. The molecule has 0 spiro atoms. The van der Waals surface area contributed by atoms with E-state index in [4.69, 9.17) is 0 Å². The summed E-state index contributed by atoms with van der Waals surface area (Å²) >= 11 is 0. The first-order chi connectivity index (χ1) is 7.19. The average Bonchev–Trinajstić information content (AvgIpc) is 2.06. The van der Waals surface area contributed by atoms with Crippen molar-refractivity contribution in [1.82, 2.24) is 0 Å². The van der Waals surface area contributed by atoms with Crippen molar-refractivity contribution in [3.8, 4) is 0 Å². The fourth-order valence-corrected chi connectivity index (χ4v) is 0.801. The highest BCUT2D eigenvalue weighted by Crippen LogP contribution is 2.35. The van der Waals surface area contributed by atoms with E-state index in [0.29, 0.717) is 0 Å². The van der Waals surface area contributed by atoms with Crippen molar-refractivity contribution in [2.45, 2.75) is 24.9 Å². The number of rotatable bonds is 6. The Kier molecular flexibility index (Phi) is 5.63. The van der Waals surface area contributed by atoms with E-state index in [1.54, 1.807) is 0 Å². The number of hydrogen-bond acceptors (Lipinski definition) is 2. The second kappa shape index (κ2) is 5.97. The third-order valence-electron chi connectivity index (χ3n) is 1.40. The SMILES string of the molecule is C=COCCCOC(C(F)(F)F)C(F)(F)F. The third kappa shape index (κ3) is 5.84. The maximum Gasteiger partial charge on any atom is 0.423 e. The molecule has 0 heterocycles. The Bertz CT molecular complexity index is 196. The lowest BCUT2D eigenvalue weighted by Crippen LogP contribution is -2.44. The van der Waals surface area contributed by atoms with Gasteiger partial charge in [-0.05, 0) is 0 Å². The molecular weight excluding hydrogens is 242 g/mol. The quantitative estimate of drug-likeness (QED) is 0.411. The maximum atomic E-state index is 11.9. The molecule has 0 saturated carbocycles. The molecule has 96 valence electrons. The second-order valence-electron chi connectivity index (χ2n) is 2.73. The van der Waals surface area contributed by atoms with E-state index in [0.717, 1.165) is 6.26 Å². The van der Waals surface area contributed by atoms with Gasteiger partial charge in [0.05, 0.1) is 19.5 Å². The van der Waals surface area contributed by atoms with E-state index in [-0.39, 0.29) is 13.0 Å². The fourth-order valence-electron chi connectivity index (χ4n) is 0.801. The van der Waals surface area contributed by atoms with Crippen LogP contribution in [-0.2, 0) is 9.47 Å². The first kappa shape index (κ1) is 15.1. The van der Waals surface area contributed by atoms with Gasteiger partial charge >= 0.3 is 12.4 Å². The number of alkyl halides is 6. The summed E-state index contributed by atoms with van der Waals surface area (Å²) in [5.74, 6) is 0. The molecule has 0 aliphatic heterocycles. The summed E-state index contributed by atoms with van der Waals surface area (Å²) in [4.78, 5) is 0. The monoisotopic (exact) mass is 252 g/mol. The van der Waals surface area contributed by atoms with Crippen LogP contribution in [0.25, 0.3) is 0 Å². The van der Waals surface area contributed by atoms with Gasteiger partial charge in [-0.1, -0.05) is 6.58 Å². The summed E-state index contributed by atoms with van der Waals surface area (Å²) in [7, 11) is 0.